The third-order valence-electron chi connectivity index (χ3n) is 1.57. The highest BCUT2D eigenvalue weighted by Gasteiger charge is 2.08. The molecule has 0 radical (unpaired) electrons. The molecule has 5 heteroatoms. The quantitative estimate of drug-likeness (QED) is 0.296. The zero-order chi connectivity index (χ0) is 11.4. The summed E-state index contributed by atoms with van der Waals surface area (Å²) >= 11 is 12.5. The molecule has 0 spiro atoms. The van der Waals surface area contributed by atoms with Gasteiger partial charge >= 0.3 is 0 Å². The number of benzene rings is 1. The number of halogens is 4. The SMILES string of the molecule is C=C(CCl)COc1c(I)cc(I)cc1I. The fourth-order valence-electron chi connectivity index (χ4n) is 0.880. The molecule has 0 atom stereocenters. The topological polar surface area (TPSA) is 9.23 Å². The number of ether oxygens (including phenoxy) is 1. The molecule has 0 aliphatic carbocycles. The summed E-state index contributed by atoms with van der Waals surface area (Å²) in [5.74, 6) is 1.36. The van der Waals surface area contributed by atoms with E-state index in [0.29, 0.717) is 12.5 Å². The van der Waals surface area contributed by atoms with Gasteiger partial charge in [-0.2, -0.15) is 0 Å². The van der Waals surface area contributed by atoms with Crippen molar-refractivity contribution >= 4 is 79.4 Å². The maximum atomic E-state index is 5.67. The number of alkyl halides is 1. The lowest BCUT2D eigenvalue weighted by molar-refractivity contribution is 0.348. The van der Waals surface area contributed by atoms with Gasteiger partial charge in [0, 0.05) is 9.45 Å². The van der Waals surface area contributed by atoms with Crippen LogP contribution in [0.3, 0.4) is 0 Å². The minimum Gasteiger partial charge on any atom is -0.487 e. The molecule has 0 aliphatic heterocycles. The second kappa shape index (κ2) is 6.85. The fourth-order valence-corrected chi connectivity index (χ4v) is 4.85. The molecule has 82 valence electrons. The highest BCUT2D eigenvalue weighted by atomic mass is 127. The minimum absolute atomic E-state index is 0.442. The first-order valence-electron chi connectivity index (χ1n) is 4.04. The Labute approximate surface area is 135 Å². The third kappa shape index (κ3) is 4.55. The smallest absolute Gasteiger partial charge is 0.146 e. The van der Waals surface area contributed by atoms with Gasteiger partial charge in [0.1, 0.15) is 12.4 Å². The molecule has 1 aromatic rings. The maximum Gasteiger partial charge on any atom is 0.146 e. The van der Waals surface area contributed by atoms with E-state index in [9.17, 15) is 0 Å². The Bertz CT molecular complexity index is 356. The van der Waals surface area contributed by atoms with Gasteiger partial charge < -0.3 is 4.74 Å². The number of hydrogen-bond donors (Lipinski definition) is 0. The maximum absolute atomic E-state index is 5.67. The zero-order valence-corrected chi connectivity index (χ0v) is 14.9. The second-order valence-corrected chi connectivity index (χ2v) is 6.71. The molecule has 0 unspecified atom stereocenters. The van der Waals surface area contributed by atoms with Crippen LogP contribution >= 0.6 is 79.4 Å². The summed E-state index contributed by atoms with van der Waals surface area (Å²) in [4.78, 5) is 0. The average Bonchev–Trinajstić information content (AvgIpc) is 2.15. The standard InChI is InChI=1S/C10H8ClI3O/c1-6(4-11)5-15-10-8(13)2-7(12)3-9(10)14/h2-3H,1,4-5H2. The summed E-state index contributed by atoms with van der Waals surface area (Å²) in [7, 11) is 0. The van der Waals surface area contributed by atoms with Gasteiger partial charge in [0.2, 0.25) is 0 Å². The second-order valence-electron chi connectivity index (χ2n) is 2.87. The van der Waals surface area contributed by atoms with Crippen molar-refractivity contribution < 1.29 is 4.74 Å². The van der Waals surface area contributed by atoms with E-state index in [-0.39, 0.29) is 0 Å². The van der Waals surface area contributed by atoms with Crippen molar-refractivity contribution in [1.29, 1.82) is 0 Å². The fraction of sp³-hybridized carbons (Fsp3) is 0.200. The molecule has 15 heavy (non-hydrogen) atoms. The monoisotopic (exact) mass is 560 g/mol. The van der Waals surface area contributed by atoms with E-state index in [1.54, 1.807) is 0 Å². The number of rotatable bonds is 4. The molecule has 0 heterocycles. The van der Waals surface area contributed by atoms with Gasteiger partial charge in [0.25, 0.3) is 0 Å². The van der Waals surface area contributed by atoms with Gasteiger partial charge in [-0.25, -0.2) is 0 Å². The van der Waals surface area contributed by atoms with E-state index in [4.69, 9.17) is 16.3 Å². The minimum atomic E-state index is 0.442. The van der Waals surface area contributed by atoms with Crippen molar-refractivity contribution in [3.05, 3.63) is 35.0 Å². The van der Waals surface area contributed by atoms with E-state index in [0.717, 1.165) is 18.5 Å². The Morgan fingerprint density at radius 1 is 1.27 bits per heavy atom. The van der Waals surface area contributed by atoms with E-state index in [1.807, 2.05) is 0 Å². The molecule has 0 N–H and O–H groups in total. The first kappa shape index (κ1) is 14.3. The van der Waals surface area contributed by atoms with Crippen LogP contribution in [-0.2, 0) is 0 Å². The van der Waals surface area contributed by atoms with Gasteiger partial charge in [-0.1, -0.05) is 6.58 Å². The van der Waals surface area contributed by atoms with Crippen molar-refractivity contribution in [3.8, 4) is 5.75 Å². The van der Waals surface area contributed by atoms with Crippen LogP contribution in [-0.4, -0.2) is 12.5 Å². The molecule has 0 aliphatic rings. The van der Waals surface area contributed by atoms with Crippen LogP contribution in [0.4, 0.5) is 0 Å². The van der Waals surface area contributed by atoms with Crippen molar-refractivity contribution in [2.24, 2.45) is 0 Å². The van der Waals surface area contributed by atoms with Gasteiger partial charge in [0.15, 0.2) is 0 Å². The summed E-state index contributed by atoms with van der Waals surface area (Å²) in [6.45, 7) is 4.28. The van der Waals surface area contributed by atoms with E-state index < -0.39 is 0 Å². The lowest BCUT2D eigenvalue weighted by atomic mass is 10.3. The molecule has 0 bridgehead atoms. The first-order chi connectivity index (χ1) is 7.04. The molecule has 1 nitrogen and oxygen atoms in total. The van der Waals surface area contributed by atoms with Gasteiger partial charge in [-0.15, -0.1) is 11.6 Å². The van der Waals surface area contributed by atoms with Crippen LogP contribution in [0.2, 0.25) is 0 Å². The average molecular weight is 560 g/mol. The highest BCUT2D eigenvalue weighted by molar-refractivity contribution is 14.1. The van der Waals surface area contributed by atoms with E-state index >= 15 is 0 Å². The van der Waals surface area contributed by atoms with Crippen molar-refractivity contribution in [2.45, 2.75) is 0 Å². The molecule has 0 saturated carbocycles. The Morgan fingerprint density at radius 2 is 1.80 bits per heavy atom. The normalized spacial score (nSPS) is 10.1. The third-order valence-corrected chi connectivity index (χ3v) is 4.18. The Hall–Kier alpha value is 1.24. The summed E-state index contributed by atoms with van der Waals surface area (Å²) in [6, 6.07) is 4.17. The van der Waals surface area contributed by atoms with Crippen LogP contribution < -0.4 is 4.74 Å². The van der Waals surface area contributed by atoms with Gasteiger partial charge in [0.05, 0.1) is 7.14 Å². The molecule has 1 aromatic carbocycles. The van der Waals surface area contributed by atoms with Gasteiger partial charge in [-0.05, 0) is 85.5 Å². The summed E-state index contributed by atoms with van der Waals surface area (Å²) in [5, 5.41) is 0. The molecule has 0 amide bonds. The van der Waals surface area contributed by atoms with Crippen molar-refractivity contribution in [3.63, 3.8) is 0 Å². The number of hydrogen-bond acceptors (Lipinski definition) is 1. The predicted molar refractivity (Wildman–Crippen MR) is 89.9 cm³/mol. The van der Waals surface area contributed by atoms with E-state index in [2.05, 4.69) is 86.5 Å². The van der Waals surface area contributed by atoms with Crippen LogP contribution in [0, 0.1) is 10.7 Å². The summed E-state index contributed by atoms with van der Waals surface area (Å²) < 4.78 is 9.12. The molecule has 0 fully saturated rings. The summed E-state index contributed by atoms with van der Waals surface area (Å²) in [6.07, 6.45) is 0. The largest absolute Gasteiger partial charge is 0.487 e. The van der Waals surface area contributed by atoms with Crippen LogP contribution in [0.1, 0.15) is 0 Å². The first-order valence-corrected chi connectivity index (χ1v) is 7.81. The Morgan fingerprint density at radius 3 is 2.27 bits per heavy atom. The van der Waals surface area contributed by atoms with Crippen LogP contribution in [0.15, 0.2) is 24.3 Å². The lowest BCUT2D eigenvalue weighted by Gasteiger charge is -2.11. The molecular formula is C10H8ClI3O. The lowest BCUT2D eigenvalue weighted by Crippen LogP contribution is -2.04. The summed E-state index contributed by atoms with van der Waals surface area (Å²) in [5.41, 5.74) is 0.891. The highest BCUT2D eigenvalue weighted by Crippen LogP contribution is 2.29. The molecule has 0 saturated heterocycles. The molecule has 1 rings (SSSR count). The Balaban J connectivity index is 2.81. The van der Waals surface area contributed by atoms with Crippen molar-refractivity contribution in [2.75, 3.05) is 12.5 Å². The predicted octanol–water partition coefficient (Wildman–Crippen LogP) is 4.67. The molecular weight excluding hydrogens is 552 g/mol. The van der Waals surface area contributed by atoms with Crippen molar-refractivity contribution in [1.82, 2.24) is 0 Å². The van der Waals surface area contributed by atoms with Gasteiger partial charge in [-0.3, -0.25) is 0 Å². The van der Waals surface area contributed by atoms with Crippen LogP contribution in [0.25, 0.3) is 0 Å². The Kier molecular flexibility index (Phi) is 6.53. The molecule has 0 aromatic heterocycles. The van der Waals surface area contributed by atoms with Crippen LogP contribution in [0.5, 0.6) is 5.75 Å². The van der Waals surface area contributed by atoms with E-state index in [1.165, 1.54) is 3.57 Å². The zero-order valence-electron chi connectivity index (χ0n) is 7.70.